The quantitative estimate of drug-likeness (QED) is 0.601. The van der Waals surface area contributed by atoms with E-state index >= 15 is 0 Å². The summed E-state index contributed by atoms with van der Waals surface area (Å²) in [5, 5.41) is 18.1. The molecule has 2 heterocycles. The summed E-state index contributed by atoms with van der Waals surface area (Å²) in [5.41, 5.74) is -8.69. The summed E-state index contributed by atoms with van der Waals surface area (Å²) in [6.07, 6.45) is -11.4. The zero-order valence-corrected chi connectivity index (χ0v) is 9.40. The van der Waals surface area contributed by atoms with Gasteiger partial charge >= 0.3 is 12.4 Å². The van der Waals surface area contributed by atoms with Gasteiger partial charge in [-0.2, -0.15) is 26.3 Å². The van der Waals surface area contributed by atoms with E-state index in [0.29, 0.717) is 0 Å². The molecule has 1 fully saturated rings. The van der Waals surface area contributed by atoms with Crippen molar-refractivity contribution in [3.63, 3.8) is 0 Å². The van der Waals surface area contributed by atoms with Crippen LogP contribution in [0.15, 0.2) is 11.1 Å². The van der Waals surface area contributed by atoms with Gasteiger partial charge in [0.1, 0.15) is 11.2 Å². The van der Waals surface area contributed by atoms with Crippen LogP contribution in [0, 0.1) is 0 Å². The highest BCUT2D eigenvalue weighted by atomic mass is 19.4. The van der Waals surface area contributed by atoms with Gasteiger partial charge in [-0.05, 0) is 12.8 Å². The van der Waals surface area contributed by atoms with E-state index in [1.54, 1.807) is 0 Å². The number of halogens is 6. The fraction of sp³-hybridized carbons (Fsp3) is 0.800. The van der Waals surface area contributed by atoms with E-state index in [4.69, 9.17) is 14.9 Å². The van der Waals surface area contributed by atoms with Crippen LogP contribution in [-0.2, 0) is 4.74 Å². The van der Waals surface area contributed by atoms with Gasteiger partial charge in [0, 0.05) is 0 Å². The standard InChI is InChI=1S/C10H10F6O3/c11-9(12,13)5-6(10(14,15)16)8(4-18)2-1-7(5,3-17)19-8/h17-18H,1-4H2/t7-,8+. The zero-order valence-electron chi connectivity index (χ0n) is 9.40. The van der Waals surface area contributed by atoms with Crippen molar-refractivity contribution in [2.24, 2.45) is 0 Å². The number of fused-ring (bicyclic) bond motifs is 2. The van der Waals surface area contributed by atoms with E-state index in [2.05, 4.69) is 0 Å². The van der Waals surface area contributed by atoms with Crippen LogP contribution in [-0.4, -0.2) is 47.0 Å². The van der Waals surface area contributed by atoms with Crippen LogP contribution in [0.4, 0.5) is 26.3 Å². The van der Waals surface area contributed by atoms with Gasteiger partial charge in [0.2, 0.25) is 0 Å². The Morgan fingerprint density at radius 3 is 1.37 bits per heavy atom. The summed E-state index contributed by atoms with van der Waals surface area (Å²) in [6, 6.07) is 0. The highest BCUT2D eigenvalue weighted by Crippen LogP contribution is 2.61. The summed E-state index contributed by atoms with van der Waals surface area (Å²) >= 11 is 0. The smallest absolute Gasteiger partial charge is 0.393 e. The minimum atomic E-state index is -5.29. The molecule has 0 aromatic heterocycles. The normalized spacial score (nSPS) is 35.4. The molecule has 1 saturated heterocycles. The topological polar surface area (TPSA) is 49.7 Å². The average molecular weight is 292 g/mol. The fourth-order valence-corrected chi connectivity index (χ4v) is 2.87. The lowest BCUT2D eigenvalue weighted by Gasteiger charge is -2.30. The third-order valence-corrected chi connectivity index (χ3v) is 3.56. The Bertz CT molecular complexity index is 388. The Morgan fingerprint density at radius 1 is 0.842 bits per heavy atom. The number of rotatable bonds is 2. The highest BCUT2D eigenvalue weighted by Gasteiger charge is 2.71. The maximum Gasteiger partial charge on any atom is 0.415 e. The molecular formula is C10H10F6O3. The van der Waals surface area contributed by atoms with E-state index in [9.17, 15) is 26.3 Å². The van der Waals surface area contributed by atoms with Crippen molar-refractivity contribution in [2.75, 3.05) is 13.2 Å². The summed E-state index contributed by atoms with van der Waals surface area (Å²) in [7, 11) is 0. The molecule has 0 unspecified atom stereocenters. The highest BCUT2D eigenvalue weighted by molar-refractivity contribution is 5.46. The van der Waals surface area contributed by atoms with Crippen LogP contribution >= 0.6 is 0 Å². The number of alkyl halides is 6. The summed E-state index contributed by atoms with van der Waals surface area (Å²) < 4.78 is 82.2. The first-order valence-electron chi connectivity index (χ1n) is 5.34. The maximum atomic E-state index is 12.9. The molecule has 2 aliphatic rings. The van der Waals surface area contributed by atoms with Crippen LogP contribution in [0.1, 0.15) is 12.8 Å². The van der Waals surface area contributed by atoms with Crippen LogP contribution in [0.25, 0.3) is 0 Å². The number of aliphatic hydroxyl groups excluding tert-OH is 2. The zero-order chi connectivity index (χ0) is 14.7. The van der Waals surface area contributed by atoms with E-state index in [-0.39, 0.29) is 0 Å². The van der Waals surface area contributed by atoms with Crippen molar-refractivity contribution >= 4 is 0 Å². The van der Waals surface area contributed by atoms with Gasteiger partial charge in [0.25, 0.3) is 0 Å². The van der Waals surface area contributed by atoms with Crippen LogP contribution in [0.3, 0.4) is 0 Å². The minimum Gasteiger partial charge on any atom is -0.393 e. The Labute approximate surface area is 103 Å². The van der Waals surface area contributed by atoms with Gasteiger partial charge in [-0.15, -0.1) is 0 Å². The molecule has 2 atom stereocenters. The molecule has 3 nitrogen and oxygen atoms in total. The summed E-state index contributed by atoms with van der Waals surface area (Å²) in [4.78, 5) is 0. The van der Waals surface area contributed by atoms with Gasteiger partial charge < -0.3 is 14.9 Å². The van der Waals surface area contributed by atoms with Gasteiger partial charge in [-0.25, -0.2) is 0 Å². The van der Waals surface area contributed by atoms with Gasteiger partial charge in [-0.1, -0.05) is 0 Å². The first-order chi connectivity index (χ1) is 8.52. The van der Waals surface area contributed by atoms with Crippen LogP contribution in [0.2, 0.25) is 0 Å². The SMILES string of the molecule is OC[C@]12CC[C@](CO)(O1)C(C(F)(F)F)=C2C(F)(F)F. The Balaban J connectivity index is 2.73. The molecule has 0 aliphatic carbocycles. The first-order valence-corrected chi connectivity index (χ1v) is 5.34. The summed E-state index contributed by atoms with van der Waals surface area (Å²) in [5.74, 6) is 0. The van der Waals surface area contributed by atoms with Gasteiger partial charge in [0.15, 0.2) is 0 Å². The lowest BCUT2D eigenvalue weighted by Crippen LogP contribution is -2.42. The number of ether oxygens (including phenoxy) is 1. The van der Waals surface area contributed by atoms with E-state index < -0.39 is 60.8 Å². The third-order valence-electron chi connectivity index (χ3n) is 3.56. The molecule has 0 radical (unpaired) electrons. The average Bonchev–Trinajstić information content (AvgIpc) is 2.79. The van der Waals surface area contributed by atoms with Gasteiger partial charge in [0.05, 0.1) is 24.4 Å². The number of hydrogen-bond donors (Lipinski definition) is 2. The van der Waals surface area contributed by atoms with Crippen molar-refractivity contribution < 1.29 is 41.3 Å². The molecule has 19 heavy (non-hydrogen) atoms. The largest absolute Gasteiger partial charge is 0.415 e. The second kappa shape index (κ2) is 3.86. The molecule has 0 aromatic rings. The molecule has 2 bridgehead atoms. The monoisotopic (exact) mass is 292 g/mol. The lowest BCUT2D eigenvalue weighted by molar-refractivity contribution is -0.142. The predicted molar refractivity (Wildman–Crippen MR) is 49.1 cm³/mol. The molecule has 110 valence electrons. The Morgan fingerprint density at radius 2 is 1.16 bits per heavy atom. The van der Waals surface area contributed by atoms with E-state index in [0.717, 1.165) is 0 Å². The number of aliphatic hydroxyl groups is 2. The van der Waals surface area contributed by atoms with Crippen LogP contribution < -0.4 is 0 Å². The molecule has 0 spiro atoms. The predicted octanol–water partition coefficient (Wildman–Crippen LogP) is 1.69. The summed E-state index contributed by atoms with van der Waals surface area (Å²) in [6.45, 7) is -2.44. The first kappa shape index (κ1) is 14.6. The molecule has 0 aromatic carbocycles. The third kappa shape index (κ3) is 1.86. The van der Waals surface area contributed by atoms with Gasteiger partial charge in [-0.3, -0.25) is 0 Å². The molecule has 9 heteroatoms. The van der Waals surface area contributed by atoms with Crippen molar-refractivity contribution in [3.05, 3.63) is 11.1 Å². The molecular weight excluding hydrogens is 282 g/mol. The second-order valence-corrected chi connectivity index (χ2v) is 4.65. The van der Waals surface area contributed by atoms with Crippen LogP contribution in [0.5, 0.6) is 0 Å². The van der Waals surface area contributed by atoms with Crippen molar-refractivity contribution in [1.82, 2.24) is 0 Å². The fourth-order valence-electron chi connectivity index (χ4n) is 2.87. The second-order valence-electron chi connectivity index (χ2n) is 4.65. The maximum absolute atomic E-state index is 12.9. The van der Waals surface area contributed by atoms with Crippen molar-refractivity contribution in [3.8, 4) is 0 Å². The lowest BCUT2D eigenvalue weighted by atomic mass is 9.76. The minimum absolute atomic E-state index is 0.418. The molecule has 2 N–H and O–H groups in total. The molecule has 2 rings (SSSR count). The Hall–Kier alpha value is -0.800. The van der Waals surface area contributed by atoms with Crippen molar-refractivity contribution in [2.45, 2.75) is 36.4 Å². The number of hydrogen-bond acceptors (Lipinski definition) is 3. The molecule has 0 saturated carbocycles. The molecule has 2 aliphatic heterocycles. The van der Waals surface area contributed by atoms with E-state index in [1.165, 1.54) is 0 Å². The Kier molecular flexibility index (Phi) is 2.97. The molecule has 0 amide bonds. The van der Waals surface area contributed by atoms with E-state index in [1.807, 2.05) is 0 Å². The van der Waals surface area contributed by atoms with Crippen molar-refractivity contribution in [1.29, 1.82) is 0 Å².